The molecular formula is C27H43NO12. The van der Waals surface area contributed by atoms with Crippen LogP contribution in [0.5, 0.6) is 0 Å². The van der Waals surface area contributed by atoms with Gasteiger partial charge in [0, 0.05) is 5.41 Å². The van der Waals surface area contributed by atoms with Crippen molar-refractivity contribution in [3.63, 3.8) is 0 Å². The molecule has 5 aliphatic rings. The number of aliphatic hydroxyl groups is 5. The maximum atomic E-state index is 12.9. The number of epoxide rings is 1. The summed E-state index contributed by atoms with van der Waals surface area (Å²) in [4.78, 5) is 26.7. The van der Waals surface area contributed by atoms with E-state index in [2.05, 4.69) is 25.7 Å². The number of aliphatic hydroxyl groups excluding tert-OH is 5. The van der Waals surface area contributed by atoms with Crippen LogP contribution in [0.3, 0.4) is 0 Å². The second-order valence-corrected chi connectivity index (χ2v) is 11.6. The molecule has 3 heterocycles. The van der Waals surface area contributed by atoms with Crippen molar-refractivity contribution in [3.05, 3.63) is 11.6 Å². The molecule has 1 saturated carbocycles. The number of carbonyl (C=O) groups is 2. The third-order valence-electron chi connectivity index (χ3n) is 9.81. The highest BCUT2D eigenvalue weighted by Gasteiger charge is 2.83. The fourth-order valence-electron chi connectivity index (χ4n) is 7.07. The maximum absolute atomic E-state index is 12.9. The van der Waals surface area contributed by atoms with Crippen molar-refractivity contribution in [1.82, 2.24) is 4.90 Å². The van der Waals surface area contributed by atoms with Gasteiger partial charge in [-0.15, -0.1) is 0 Å². The maximum Gasteiger partial charge on any atom is 0.335 e. The van der Waals surface area contributed by atoms with Crippen molar-refractivity contribution < 1.29 is 59.2 Å². The van der Waals surface area contributed by atoms with E-state index < -0.39 is 89.9 Å². The molecule has 13 nitrogen and oxygen atoms in total. The lowest BCUT2D eigenvalue weighted by Crippen LogP contribution is -2.71. The van der Waals surface area contributed by atoms with Crippen molar-refractivity contribution in [3.8, 4) is 0 Å². The van der Waals surface area contributed by atoms with E-state index in [0.29, 0.717) is 0 Å². The predicted octanol–water partition coefficient (Wildman–Crippen LogP) is -1.57. The minimum Gasteiger partial charge on any atom is -0.479 e. The van der Waals surface area contributed by atoms with Crippen molar-refractivity contribution in [2.45, 2.75) is 102 Å². The van der Waals surface area contributed by atoms with Crippen molar-refractivity contribution >= 4 is 11.8 Å². The minimum absolute atomic E-state index is 0.141. The number of carboxylic acid groups (broad SMARTS) is 1. The first-order valence-electron chi connectivity index (χ1n) is 13.9. The quantitative estimate of drug-likeness (QED) is 0.191. The van der Waals surface area contributed by atoms with Crippen LogP contribution in [-0.2, 0) is 28.5 Å². The van der Waals surface area contributed by atoms with Crippen LogP contribution in [0.4, 0.5) is 0 Å². The standard InChI is InChI=1S/C21H28O12.C6H15N/c1-7-3-9-20(15(27)10(7)23,19(2)4-8(22)16(32-9)21(19)6-31-21)5-30-18-13(26)11(24)12(25)14(33-18)17(28)29;1-4-7(5-2)6-3/h3,8-9,11-16,18,22,24-27H,4-6H2,1-2H3,(H,28,29);4-6H2,1-3H3/t8-,9-,11+,12+,13-,14+,15-,16-,18-,19-,20-,21+;/m1./s1. The molecule has 0 radical (unpaired) electrons. The molecule has 4 fully saturated rings. The molecule has 6 N–H and O–H groups in total. The lowest BCUT2D eigenvalue weighted by Gasteiger charge is -2.59. The molecule has 0 unspecified atom stereocenters. The molecule has 0 aromatic heterocycles. The Labute approximate surface area is 233 Å². The van der Waals surface area contributed by atoms with E-state index in [1.165, 1.54) is 19.6 Å². The van der Waals surface area contributed by atoms with Gasteiger partial charge >= 0.3 is 5.97 Å². The molecule has 40 heavy (non-hydrogen) atoms. The van der Waals surface area contributed by atoms with Gasteiger partial charge in [0.2, 0.25) is 0 Å². The van der Waals surface area contributed by atoms with Crippen LogP contribution < -0.4 is 0 Å². The molecule has 2 bridgehead atoms. The summed E-state index contributed by atoms with van der Waals surface area (Å²) in [6.07, 6.45) is -11.5. The Morgan fingerprint density at radius 1 is 1.05 bits per heavy atom. The number of carbonyl (C=O) groups excluding carboxylic acids is 1. The molecule has 1 spiro atoms. The largest absolute Gasteiger partial charge is 0.479 e. The summed E-state index contributed by atoms with van der Waals surface area (Å²) in [5.41, 5.74) is -3.13. The Balaban J connectivity index is 0.000000470. The molecule has 0 aromatic rings. The zero-order chi connectivity index (χ0) is 29.8. The number of fused-ring (bicyclic) bond motifs is 2. The topological polar surface area (TPSA) is 199 Å². The highest BCUT2D eigenvalue weighted by atomic mass is 16.7. The number of nitrogens with zero attached hydrogens (tertiary/aromatic N) is 1. The minimum atomic E-state index is -1.89. The van der Waals surface area contributed by atoms with Crippen LogP contribution in [0.1, 0.15) is 41.0 Å². The first-order valence-corrected chi connectivity index (χ1v) is 13.9. The van der Waals surface area contributed by atoms with Gasteiger partial charge in [0.1, 0.15) is 36.1 Å². The number of aliphatic carboxylic acids is 1. The molecule has 5 rings (SSSR count). The van der Waals surface area contributed by atoms with Crippen LogP contribution in [0.25, 0.3) is 0 Å². The van der Waals surface area contributed by atoms with Crippen molar-refractivity contribution in [2.24, 2.45) is 10.8 Å². The van der Waals surface area contributed by atoms with E-state index in [-0.39, 0.29) is 18.6 Å². The number of hydrogen-bond donors (Lipinski definition) is 6. The molecule has 3 saturated heterocycles. The third kappa shape index (κ3) is 4.55. The van der Waals surface area contributed by atoms with Gasteiger partial charge in [0.05, 0.1) is 30.8 Å². The highest BCUT2D eigenvalue weighted by molar-refractivity contribution is 6.00. The molecule has 13 heteroatoms. The van der Waals surface area contributed by atoms with Crippen molar-refractivity contribution in [2.75, 3.05) is 32.8 Å². The first-order chi connectivity index (χ1) is 18.8. The summed E-state index contributed by atoms with van der Waals surface area (Å²) < 4.78 is 22.9. The van der Waals surface area contributed by atoms with E-state index in [1.807, 2.05) is 0 Å². The Bertz CT molecular complexity index is 992. The van der Waals surface area contributed by atoms with Crippen molar-refractivity contribution in [1.29, 1.82) is 0 Å². The third-order valence-corrected chi connectivity index (χ3v) is 9.81. The molecule has 2 aliphatic carbocycles. The number of ether oxygens (including phenoxy) is 4. The van der Waals surface area contributed by atoms with Gasteiger partial charge in [-0.05, 0) is 44.6 Å². The lowest BCUT2D eigenvalue weighted by molar-refractivity contribution is -0.318. The lowest BCUT2D eigenvalue weighted by atomic mass is 9.50. The summed E-state index contributed by atoms with van der Waals surface area (Å²) in [5, 5.41) is 61.6. The molecule has 0 amide bonds. The zero-order valence-corrected chi connectivity index (χ0v) is 23.6. The summed E-state index contributed by atoms with van der Waals surface area (Å²) in [6.45, 7) is 13.2. The van der Waals surface area contributed by atoms with E-state index in [9.17, 15) is 40.2 Å². The molecule has 3 aliphatic heterocycles. The van der Waals surface area contributed by atoms with Gasteiger partial charge in [-0.3, -0.25) is 4.79 Å². The normalized spacial score (nSPS) is 47.4. The van der Waals surface area contributed by atoms with Crippen LogP contribution in [0.2, 0.25) is 0 Å². The van der Waals surface area contributed by atoms with Crippen LogP contribution >= 0.6 is 0 Å². The molecule has 228 valence electrons. The van der Waals surface area contributed by atoms with E-state index in [1.54, 1.807) is 19.9 Å². The van der Waals surface area contributed by atoms with Crippen LogP contribution in [0.15, 0.2) is 11.6 Å². The predicted molar refractivity (Wildman–Crippen MR) is 137 cm³/mol. The summed E-state index contributed by atoms with van der Waals surface area (Å²) >= 11 is 0. The number of ketones is 1. The zero-order valence-electron chi connectivity index (χ0n) is 23.6. The van der Waals surface area contributed by atoms with Gasteiger partial charge in [0.15, 0.2) is 18.2 Å². The molecular weight excluding hydrogens is 530 g/mol. The van der Waals surface area contributed by atoms with Gasteiger partial charge in [-0.2, -0.15) is 0 Å². The fraction of sp³-hybridized carbons (Fsp3) is 0.852. The number of carboxylic acids is 1. The Morgan fingerprint density at radius 3 is 2.15 bits per heavy atom. The smallest absolute Gasteiger partial charge is 0.335 e. The average Bonchev–Trinajstić information content (AvgIpc) is 3.69. The van der Waals surface area contributed by atoms with Crippen LogP contribution in [0, 0.1) is 10.8 Å². The Morgan fingerprint density at radius 2 is 1.65 bits per heavy atom. The second-order valence-electron chi connectivity index (χ2n) is 11.6. The Kier molecular flexibility index (Phi) is 8.86. The second kappa shape index (κ2) is 11.3. The van der Waals surface area contributed by atoms with Gasteiger partial charge < -0.3 is 54.5 Å². The number of hydrogen-bond acceptors (Lipinski definition) is 12. The summed E-state index contributed by atoms with van der Waals surface area (Å²) in [5.74, 6) is -2.12. The fourth-order valence-corrected chi connectivity index (χ4v) is 7.07. The SMILES string of the molecule is CC1=C[C@H]2O[C@@H]3[C@H](O)C[C@](C)([C@@]2(CO[C@@H]2O[C@H](C(=O)O)[C@@H](O)[C@H](O)[C@H]2O)[C@H](O)C1=O)[C@]31CO1.CCN(CC)CC. The highest BCUT2D eigenvalue weighted by Crippen LogP contribution is 2.71. The van der Waals surface area contributed by atoms with E-state index in [0.717, 1.165) is 0 Å². The molecule has 12 atom stereocenters. The summed E-state index contributed by atoms with van der Waals surface area (Å²) in [7, 11) is 0. The van der Waals surface area contributed by atoms with Gasteiger partial charge in [-0.25, -0.2) is 4.79 Å². The average molecular weight is 574 g/mol. The van der Waals surface area contributed by atoms with Gasteiger partial charge in [0.25, 0.3) is 0 Å². The monoisotopic (exact) mass is 573 g/mol. The van der Waals surface area contributed by atoms with E-state index in [4.69, 9.17) is 18.9 Å². The number of rotatable bonds is 7. The van der Waals surface area contributed by atoms with E-state index >= 15 is 0 Å². The Hall–Kier alpha value is -1.52. The molecule has 0 aromatic carbocycles. The first kappa shape index (κ1) is 31.4. The van der Waals surface area contributed by atoms with Gasteiger partial charge in [-0.1, -0.05) is 27.7 Å². The number of Topliss-reactive ketones (excluding diaryl/α,β-unsaturated/α-hetero) is 1. The van der Waals surface area contributed by atoms with Crippen LogP contribution in [-0.4, -0.2) is 141 Å². The summed E-state index contributed by atoms with van der Waals surface area (Å²) in [6, 6.07) is 0.